The third kappa shape index (κ3) is 2.03. The lowest BCUT2D eigenvalue weighted by atomic mass is 9.81. The highest BCUT2D eigenvalue weighted by Gasteiger charge is 2.36. The smallest absolute Gasteiger partial charge is 0.408 e. The van der Waals surface area contributed by atoms with E-state index in [1.54, 1.807) is 0 Å². The molecule has 1 N–H and O–H groups in total. The molecule has 1 aliphatic rings. The Morgan fingerprint density at radius 1 is 1.32 bits per heavy atom. The van der Waals surface area contributed by atoms with E-state index in [4.69, 9.17) is 5.11 Å². The normalized spacial score (nSPS) is 14.7. The van der Waals surface area contributed by atoms with E-state index in [2.05, 4.69) is 20.8 Å². The second kappa shape index (κ2) is 4.11. The number of amides is 1. The van der Waals surface area contributed by atoms with Crippen molar-refractivity contribution in [1.82, 2.24) is 4.90 Å². The molecule has 0 unspecified atom stereocenters. The number of fused-ring (bicyclic) bond motifs is 1. The fraction of sp³-hybridized carbons (Fsp3) is 0.571. The lowest BCUT2D eigenvalue weighted by molar-refractivity contribution is -0.621. The summed E-state index contributed by atoms with van der Waals surface area (Å²) in [5, 5.41) is 21.4. The molecule has 0 fully saturated rings. The van der Waals surface area contributed by atoms with Crippen molar-refractivity contribution in [1.29, 1.82) is 0 Å². The Kier molecular flexibility index (Phi) is 2.96. The van der Waals surface area contributed by atoms with Gasteiger partial charge in [0.2, 0.25) is 5.69 Å². The van der Waals surface area contributed by atoms with Crippen molar-refractivity contribution < 1.29 is 14.6 Å². The lowest BCUT2D eigenvalue weighted by Gasteiger charge is -2.24. The van der Waals surface area contributed by atoms with E-state index in [1.165, 1.54) is 4.90 Å². The summed E-state index contributed by atoms with van der Waals surface area (Å²) in [7, 11) is 0. The first-order valence-electron chi connectivity index (χ1n) is 6.37. The van der Waals surface area contributed by atoms with Crippen LogP contribution >= 0.6 is 0 Å². The fourth-order valence-electron chi connectivity index (χ4n) is 3.10. The minimum absolute atomic E-state index is 0.133. The third-order valence-electron chi connectivity index (χ3n) is 3.80. The van der Waals surface area contributed by atoms with Crippen molar-refractivity contribution >= 4 is 6.09 Å². The van der Waals surface area contributed by atoms with E-state index >= 15 is 0 Å². The minimum Gasteiger partial charge on any atom is -0.618 e. The molecule has 5 heteroatoms. The molecule has 0 spiro atoms. The maximum Gasteiger partial charge on any atom is 0.408 e. The standard InChI is InChI=1S/C14H20N2O3/c1-8-10-6-15(13(17)18)7-11(10)16(19)9(2)12(8)14(3,4)5/h6-7H2,1-5H3,(H,17,18). The number of hydrogen-bond acceptors (Lipinski definition) is 2. The van der Waals surface area contributed by atoms with Gasteiger partial charge in [0.25, 0.3) is 0 Å². The number of carboxylic acid groups (broad SMARTS) is 1. The van der Waals surface area contributed by atoms with E-state index < -0.39 is 6.09 Å². The van der Waals surface area contributed by atoms with Gasteiger partial charge in [-0.25, -0.2) is 4.79 Å². The molecule has 0 saturated heterocycles. The van der Waals surface area contributed by atoms with E-state index in [1.807, 2.05) is 13.8 Å². The first-order chi connectivity index (χ1) is 8.64. The highest BCUT2D eigenvalue weighted by Crippen LogP contribution is 2.33. The maximum absolute atomic E-state index is 12.3. The molecular formula is C14H20N2O3. The van der Waals surface area contributed by atoms with Gasteiger partial charge < -0.3 is 10.3 Å². The van der Waals surface area contributed by atoms with Crippen LogP contribution in [0.5, 0.6) is 0 Å². The van der Waals surface area contributed by atoms with Crippen molar-refractivity contribution in [3.8, 4) is 0 Å². The van der Waals surface area contributed by atoms with E-state index in [0.717, 1.165) is 21.4 Å². The molecule has 1 aromatic rings. The molecule has 0 atom stereocenters. The van der Waals surface area contributed by atoms with Crippen molar-refractivity contribution in [2.45, 2.75) is 53.1 Å². The van der Waals surface area contributed by atoms with Gasteiger partial charge in [-0.15, -0.1) is 0 Å². The van der Waals surface area contributed by atoms with Gasteiger partial charge in [-0.1, -0.05) is 20.8 Å². The topological polar surface area (TPSA) is 67.5 Å². The molecular weight excluding hydrogens is 244 g/mol. The average Bonchev–Trinajstić information content (AvgIpc) is 2.69. The summed E-state index contributed by atoms with van der Waals surface area (Å²) in [6.45, 7) is 10.5. The van der Waals surface area contributed by atoms with Gasteiger partial charge in [-0.3, -0.25) is 4.90 Å². The van der Waals surface area contributed by atoms with Crippen molar-refractivity contribution in [2.75, 3.05) is 0 Å². The van der Waals surface area contributed by atoms with Crippen LogP contribution in [-0.4, -0.2) is 16.1 Å². The fourth-order valence-corrected chi connectivity index (χ4v) is 3.10. The van der Waals surface area contributed by atoms with E-state index in [0.29, 0.717) is 17.9 Å². The second-order valence-corrected chi connectivity index (χ2v) is 6.19. The van der Waals surface area contributed by atoms with Crippen LogP contribution in [0.2, 0.25) is 0 Å². The predicted octanol–water partition coefficient (Wildman–Crippen LogP) is 2.23. The zero-order valence-electron chi connectivity index (χ0n) is 12.1. The zero-order valence-corrected chi connectivity index (χ0v) is 12.1. The molecule has 0 aliphatic carbocycles. The van der Waals surface area contributed by atoms with Crippen LogP contribution in [0.1, 0.15) is 48.8 Å². The molecule has 19 heavy (non-hydrogen) atoms. The van der Waals surface area contributed by atoms with Gasteiger partial charge in [0, 0.05) is 18.1 Å². The minimum atomic E-state index is -0.981. The third-order valence-corrected chi connectivity index (χ3v) is 3.80. The number of aromatic nitrogens is 1. The van der Waals surface area contributed by atoms with Crippen LogP contribution in [0.25, 0.3) is 0 Å². The molecule has 5 nitrogen and oxygen atoms in total. The van der Waals surface area contributed by atoms with Gasteiger partial charge in [0.05, 0.1) is 6.54 Å². The Balaban J connectivity index is 2.66. The largest absolute Gasteiger partial charge is 0.618 e. The first kappa shape index (κ1) is 13.6. The van der Waals surface area contributed by atoms with Gasteiger partial charge in [-0.05, 0) is 17.9 Å². The number of hydrogen-bond donors (Lipinski definition) is 1. The van der Waals surface area contributed by atoms with Crippen molar-refractivity contribution in [3.63, 3.8) is 0 Å². The summed E-state index contributed by atoms with van der Waals surface area (Å²) in [4.78, 5) is 12.3. The summed E-state index contributed by atoms with van der Waals surface area (Å²) in [6.07, 6.45) is -0.981. The first-order valence-corrected chi connectivity index (χ1v) is 6.37. The molecule has 0 aromatic carbocycles. The summed E-state index contributed by atoms with van der Waals surface area (Å²) in [5.74, 6) is 0. The predicted molar refractivity (Wildman–Crippen MR) is 70.8 cm³/mol. The van der Waals surface area contributed by atoms with Gasteiger partial charge >= 0.3 is 6.09 Å². The molecule has 1 aromatic heterocycles. The molecule has 0 saturated carbocycles. The van der Waals surface area contributed by atoms with Gasteiger partial charge in [0.15, 0.2) is 5.69 Å². The van der Waals surface area contributed by atoms with Crippen molar-refractivity contribution in [2.24, 2.45) is 0 Å². The van der Waals surface area contributed by atoms with Crippen molar-refractivity contribution in [3.05, 3.63) is 33.3 Å². The van der Waals surface area contributed by atoms with Crippen LogP contribution in [0.4, 0.5) is 4.79 Å². The Labute approximate surface area is 113 Å². The molecule has 1 amide bonds. The van der Waals surface area contributed by atoms with Crippen LogP contribution in [0.3, 0.4) is 0 Å². The van der Waals surface area contributed by atoms with E-state index in [9.17, 15) is 10.0 Å². The quantitative estimate of drug-likeness (QED) is 0.577. The Hall–Kier alpha value is -1.78. The number of carbonyl (C=O) groups is 1. The van der Waals surface area contributed by atoms with Gasteiger partial charge in [0.1, 0.15) is 6.54 Å². The number of nitrogens with zero attached hydrogens (tertiary/aromatic N) is 2. The number of rotatable bonds is 0. The summed E-state index contributed by atoms with van der Waals surface area (Å²) in [6, 6.07) is 0. The molecule has 104 valence electrons. The Bertz CT molecular complexity index is 559. The van der Waals surface area contributed by atoms with E-state index in [-0.39, 0.29) is 12.0 Å². The average molecular weight is 264 g/mol. The monoisotopic (exact) mass is 264 g/mol. The Morgan fingerprint density at radius 2 is 1.89 bits per heavy atom. The molecule has 2 heterocycles. The molecule has 1 aliphatic heterocycles. The highest BCUT2D eigenvalue weighted by atomic mass is 16.5. The van der Waals surface area contributed by atoms with Crippen LogP contribution in [0.15, 0.2) is 0 Å². The van der Waals surface area contributed by atoms with Gasteiger partial charge in [-0.2, -0.15) is 4.73 Å². The Morgan fingerprint density at radius 3 is 2.37 bits per heavy atom. The zero-order chi connectivity index (χ0) is 14.5. The molecule has 2 rings (SSSR count). The maximum atomic E-state index is 12.3. The summed E-state index contributed by atoms with van der Waals surface area (Å²) < 4.78 is 0.909. The highest BCUT2D eigenvalue weighted by molar-refractivity contribution is 5.66. The molecule has 0 radical (unpaired) electrons. The van der Waals surface area contributed by atoms with Crippen LogP contribution in [-0.2, 0) is 18.5 Å². The van der Waals surface area contributed by atoms with Crippen LogP contribution in [0, 0.1) is 19.1 Å². The summed E-state index contributed by atoms with van der Waals surface area (Å²) in [5.41, 5.74) is 4.06. The summed E-state index contributed by atoms with van der Waals surface area (Å²) >= 11 is 0. The molecule has 0 bridgehead atoms. The SMILES string of the molecule is Cc1c2c([n+]([O-])c(C)c1C(C)(C)C)CN(C(=O)O)C2. The number of pyridine rings is 1. The lowest BCUT2D eigenvalue weighted by Crippen LogP contribution is -2.40. The van der Waals surface area contributed by atoms with Crippen LogP contribution < -0.4 is 4.73 Å². The second-order valence-electron chi connectivity index (χ2n) is 6.19.